The molecule has 98 valence electrons. The van der Waals surface area contributed by atoms with E-state index in [2.05, 4.69) is 9.97 Å². The number of nitrogens with zero attached hydrogens (tertiary/aromatic N) is 3. The molecule has 1 aliphatic heterocycles. The number of anilines is 1. The molecule has 0 aromatic carbocycles. The molecule has 0 spiro atoms. The maximum absolute atomic E-state index is 12.3. The van der Waals surface area contributed by atoms with Gasteiger partial charge in [-0.2, -0.15) is 0 Å². The number of aryl methyl sites for hydroxylation is 2. The molecule has 5 nitrogen and oxygen atoms in total. The predicted octanol–water partition coefficient (Wildman–Crippen LogP) is 1.84. The standard InChI is InChI=1S/C14H15N3O2/c1-8-7-9(2)16-14(15-8)17-12(18)10-5-3-4-6-11(10)13(17)19/h7H,3-6H2,1-2H3. The monoisotopic (exact) mass is 257 g/mol. The first-order chi connectivity index (χ1) is 9.08. The van der Waals surface area contributed by atoms with E-state index < -0.39 is 0 Å². The van der Waals surface area contributed by atoms with Crippen molar-refractivity contribution >= 4 is 17.8 Å². The molecule has 2 aliphatic rings. The van der Waals surface area contributed by atoms with Crippen molar-refractivity contribution < 1.29 is 9.59 Å². The highest BCUT2D eigenvalue weighted by atomic mass is 16.2. The maximum atomic E-state index is 12.3. The second-order valence-electron chi connectivity index (χ2n) is 5.06. The molecule has 0 unspecified atom stereocenters. The van der Waals surface area contributed by atoms with Crippen molar-refractivity contribution in [3.8, 4) is 0 Å². The third-order valence-electron chi connectivity index (χ3n) is 3.56. The van der Waals surface area contributed by atoms with Crippen LogP contribution in [0.4, 0.5) is 5.95 Å². The van der Waals surface area contributed by atoms with Gasteiger partial charge in [0.15, 0.2) is 0 Å². The molecule has 0 bridgehead atoms. The SMILES string of the molecule is Cc1cc(C)nc(N2C(=O)C3=C(CCCC3)C2=O)n1. The van der Waals surface area contributed by atoms with Gasteiger partial charge in [0.05, 0.1) is 0 Å². The first kappa shape index (κ1) is 12.0. The minimum absolute atomic E-state index is 0.210. The summed E-state index contributed by atoms with van der Waals surface area (Å²) in [6.45, 7) is 3.66. The van der Waals surface area contributed by atoms with Crippen LogP contribution in [0.3, 0.4) is 0 Å². The summed E-state index contributed by atoms with van der Waals surface area (Å²) in [5, 5.41) is 0. The summed E-state index contributed by atoms with van der Waals surface area (Å²) in [5.41, 5.74) is 2.85. The molecule has 0 saturated heterocycles. The fourth-order valence-corrected chi connectivity index (χ4v) is 2.73. The summed E-state index contributed by atoms with van der Waals surface area (Å²) in [5.74, 6) is -0.253. The van der Waals surface area contributed by atoms with Crippen LogP contribution in [0.25, 0.3) is 0 Å². The number of carbonyl (C=O) groups is 2. The topological polar surface area (TPSA) is 63.2 Å². The van der Waals surface area contributed by atoms with Gasteiger partial charge >= 0.3 is 0 Å². The van der Waals surface area contributed by atoms with E-state index in [1.54, 1.807) is 0 Å². The van der Waals surface area contributed by atoms with Crippen LogP contribution in [0, 0.1) is 13.8 Å². The van der Waals surface area contributed by atoms with Crippen molar-refractivity contribution in [1.82, 2.24) is 9.97 Å². The Morgan fingerprint density at radius 1 is 0.947 bits per heavy atom. The van der Waals surface area contributed by atoms with Crippen LogP contribution in [-0.2, 0) is 9.59 Å². The molecule has 0 radical (unpaired) electrons. The zero-order chi connectivity index (χ0) is 13.6. The Balaban J connectivity index is 2.04. The summed E-state index contributed by atoms with van der Waals surface area (Å²) >= 11 is 0. The molecule has 5 heteroatoms. The lowest BCUT2D eigenvalue weighted by atomic mass is 9.93. The van der Waals surface area contributed by atoms with E-state index >= 15 is 0 Å². The summed E-state index contributed by atoms with van der Waals surface area (Å²) in [6.07, 6.45) is 3.33. The van der Waals surface area contributed by atoms with Gasteiger partial charge in [-0.15, -0.1) is 0 Å². The zero-order valence-electron chi connectivity index (χ0n) is 11.1. The third-order valence-corrected chi connectivity index (χ3v) is 3.56. The molecule has 19 heavy (non-hydrogen) atoms. The molecule has 0 atom stereocenters. The Bertz CT molecular complexity index is 571. The van der Waals surface area contributed by atoms with Crippen molar-refractivity contribution in [3.05, 3.63) is 28.6 Å². The molecule has 1 aliphatic carbocycles. The minimum atomic E-state index is -0.232. The Morgan fingerprint density at radius 2 is 1.42 bits per heavy atom. The first-order valence-electron chi connectivity index (χ1n) is 6.51. The van der Waals surface area contributed by atoms with Gasteiger partial charge in [-0.25, -0.2) is 14.9 Å². The van der Waals surface area contributed by atoms with Crippen molar-refractivity contribution in [2.24, 2.45) is 0 Å². The third kappa shape index (κ3) is 1.85. The quantitative estimate of drug-likeness (QED) is 0.720. The van der Waals surface area contributed by atoms with Crippen molar-refractivity contribution in [2.45, 2.75) is 39.5 Å². The second-order valence-corrected chi connectivity index (χ2v) is 5.06. The largest absolute Gasteiger partial charge is 0.268 e. The number of aromatic nitrogens is 2. The van der Waals surface area contributed by atoms with Crippen LogP contribution in [0.5, 0.6) is 0 Å². The van der Waals surface area contributed by atoms with Gasteiger partial charge < -0.3 is 0 Å². The van der Waals surface area contributed by atoms with Crippen LogP contribution in [0.2, 0.25) is 0 Å². The number of rotatable bonds is 1. The molecule has 0 fully saturated rings. The van der Waals surface area contributed by atoms with E-state index in [9.17, 15) is 9.59 Å². The predicted molar refractivity (Wildman–Crippen MR) is 69.5 cm³/mol. The van der Waals surface area contributed by atoms with Crippen LogP contribution in [0.15, 0.2) is 17.2 Å². The zero-order valence-corrected chi connectivity index (χ0v) is 11.1. The lowest BCUT2D eigenvalue weighted by Crippen LogP contribution is -2.33. The average molecular weight is 257 g/mol. The van der Waals surface area contributed by atoms with Crippen molar-refractivity contribution in [3.63, 3.8) is 0 Å². The first-order valence-corrected chi connectivity index (χ1v) is 6.51. The number of hydrogen-bond donors (Lipinski definition) is 0. The van der Waals surface area contributed by atoms with E-state index in [0.29, 0.717) is 24.0 Å². The molecule has 2 heterocycles. The molecular weight excluding hydrogens is 242 g/mol. The highest BCUT2D eigenvalue weighted by molar-refractivity contribution is 6.32. The van der Waals surface area contributed by atoms with E-state index in [4.69, 9.17) is 0 Å². The number of carbonyl (C=O) groups excluding carboxylic acids is 2. The lowest BCUT2D eigenvalue weighted by Gasteiger charge is -2.13. The highest BCUT2D eigenvalue weighted by Gasteiger charge is 2.41. The Hall–Kier alpha value is -2.04. The van der Waals surface area contributed by atoms with Gasteiger partial charge in [0.2, 0.25) is 5.95 Å². The van der Waals surface area contributed by atoms with E-state index in [0.717, 1.165) is 29.1 Å². The summed E-state index contributed by atoms with van der Waals surface area (Å²) < 4.78 is 0. The van der Waals surface area contributed by atoms with Crippen LogP contribution in [0.1, 0.15) is 37.1 Å². The van der Waals surface area contributed by atoms with E-state index in [1.807, 2.05) is 19.9 Å². The minimum Gasteiger partial charge on any atom is -0.268 e. The lowest BCUT2D eigenvalue weighted by molar-refractivity contribution is -0.120. The fraction of sp³-hybridized carbons (Fsp3) is 0.429. The van der Waals surface area contributed by atoms with Gasteiger partial charge in [0.25, 0.3) is 11.8 Å². The highest BCUT2D eigenvalue weighted by Crippen LogP contribution is 2.34. The van der Waals surface area contributed by atoms with Gasteiger partial charge in [-0.1, -0.05) is 0 Å². The average Bonchev–Trinajstić information content (AvgIpc) is 2.61. The van der Waals surface area contributed by atoms with Gasteiger partial charge in [-0.05, 0) is 45.6 Å². The molecule has 0 saturated carbocycles. The van der Waals surface area contributed by atoms with Gasteiger partial charge in [-0.3, -0.25) is 9.59 Å². The Morgan fingerprint density at radius 3 is 1.89 bits per heavy atom. The number of imide groups is 1. The second kappa shape index (κ2) is 4.26. The van der Waals surface area contributed by atoms with Gasteiger partial charge in [0, 0.05) is 22.5 Å². The number of hydrogen-bond acceptors (Lipinski definition) is 4. The van der Waals surface area contributed by atoms with Crippen molar-refractivity contribution in [2.75, 3.05) is 4.90 Å². The molecule has 1 aromatic rings. The summed E-state index contributed by atoms with van der Waals surface area (Å²) in [6, 6.07) is 1.82. The van der Waals surface area contributed by atoms with E-state index in [-0.39, 0.29) is 17.8 Å². The molecular formula is C14H15N3O2. The van der Waals surface area contributed by atoms with Crippen molar-refractivity contribution in [1.29, 1.82) is 0 Å². The smallest absolute Gasteiger partial charge is 0.264 e. The maximum Gasteiger partial charge on any atom is 0.264 e. The Kier molecular flexibility index (Phi) is 2.69. The van der Waals surface area contributed by atoms with Crippen LogP contribution < -0.4 is 4.90 Å². The van der Waals surface area contributed by atoms with Gasteiger partial charge in [0.1, 0.15) is 0 Å². The molecule has 1 aromatic heterocycles. The van der Waals surface area contributed by atoms with Crippen LogP contribution >= 0.6 is 0 Å². The van der Waals surface area contributed by atoms with Crippen LogP contribution in [-0.4, -0.2) is 21.8 Å². The molecule has 0 N–H and O–H groups in total. The summed E-state index contributed by atoms with van der Waals surface area (Å²) in [4.78, 5) is 34.3. The fourth-order valence-electron chi connectivity index (χ4n) is 2.73. The Labute approximate surface area is 111 Å². The molecule has 3 rings (SSSR count). The summed E-state index contributed by atoms with van der Waals surface area (Å²) in [7, 11) is 0. The molecule has 2 amide bonds. The number of amides is 2. The normalized spacial score (nSPS) is 19.2. The van der Waals surface area contributed by atoms with E-state index in [1.165, 1.54) is 0 Å².